The number of halogens is 1. The topological polar surface area (TPSA) is 48.0 Å². The summed E-state index contributed by atoms with van der Waals surface area (Å²) < 4.78 is 29.1. The number of nitrogens with zero attached hydrogens (tertiary/aromatic N) is 1. The van der Waals surface area contributed by atoms with Crippen molar-refractivity contribution >= 4 is 5.91 Å². The number of hydrogen-bond acceptors (Lipinski definition) is 4. The Kier molecular flexibility index (Phi) is 6.16. The van der Waals surface area contributed by atoms with Crippen LogP contribution in [0.5, 0.6) is 17.2 Å². The second-order valence-corrected chi connectivity index (χ2v) is 6.41. The van der Waals surface area contributed by atoms with E-state index in [1.807, 2.05) is 23.1 Å². The highest BCUT2D eigenvalue weighted by Crippen LogP contribution is 2.37. The average Bonchev–Trinajstić information content (AvgIpc) is 3.19. The van der Waals surface area contributed by atoms with Crippen molar-refractivity contribution in [3.63, 3.8) is 0 Å². The molecule has 0 saturated carbocycles. The lowest BCUT2D eigenvalue weighted by atomic mass is 10.0. The molecule has 3 rings (SSSR count). The quantitative estimate of drug-likeness (QED) is 0.737. The molecule has 0 spiro atoms. The summed E-state index contributed by atoms with van der Waals surface area (Å²) in [6.07, 6.45) is 2.16. The Balaban J connectivity index is 1.61. The van der Waals surface area contributed by atoms with Crippen molar-refractivity contribution < 1.29 is 23.4 Å². The van der Waals surface area contributed by atoms with E-state index in [1.54, 1.807) is 26.4 Å². The Hall–Kier alpha value is -2.76. The van der Waals surface area contributed by atoms with Gasteiger partial charge in [-0.25, -0.2) is 4.39 Å². The first-order valence-corrected chi connectivity index (χ1v) is 9.02. The molecule has 0 aromatic heterocycles. The first kappa shape index (κ1) is 19.0. The van der Waals surface area contributed by atoms with Crippen LogP contribution in [-0.4, -0.2) is 38.2 Å². The molecule has 144 valence electrons. The lowest BCUT2D eigenvalue weighted by Gasteiger charge is -2.26. The summed E-state index contributed by atoms with van der Waals surface area (Å²) in [6, 6.07) is 11.6. The number of amides is 1. The van der Waals surface area contributed by atoms with Crippen LogP contribution in [0.25, 0.3) is 0 Å². The summed E-state index contributed by atoms with van der Waals surface area (Å²) >= 11 is 0. The first-order chi connectivity index (χ1) is 13.1. The molecular formula is C21H24FNO4. The van der Waals surface area contributed by atoms with Crippen LogP contribution < -0.4 is 14.2 Å². The molecule has 1 aliphatic heterocycles. The van der Waals surface area contributed by atoms with Crippen molar-refractivity contribution in [2.75, 3.05) is 27.4 Å². The second kappa shape index (κ2) is 8.75. The van der Waals surface area contributed by atoms with Crippen molar-refractivity contribution in [1.82, 2.24) is 4.90 Å². The minimum absolute atomic E-state index is 0.0307. The predicted molar refractivity (Wildman–Crippen MR) is 99.7 cm³/mol. The third-order valence-electron chi connectivity index (χ3n) is 4.76. The van der Waals surface area contributed by atoms with E-state index >= 15 is 0 Å². The SMILES string of the molecule is COc1ccc(C2CCCN2C(=O)CCOc2ccc(F)cc2)cc1OC. The molecule has 5 nitrogen and oxygen atoms in total. The molecule has 0 aliphatic carbocycles. The largest absolute Gasteiger partial charge is 0.493 e. The number of carbonyl (C=O) groups excluding carboxylic acids is 1. The maximum absolute atomic E-state index is 12.9. The van der Waals surface area contributed by atoms with E-state index in [0.29, 0.717) is 17.2 Å². The van der Waals surface area contributed by atoms with E-state index < -0.39 is 0 Å². The molecule has 1 aliphatic rings. The highest BCUT2D eigenvalue weighted by molar-refractivity contribution is 5.77. The van der Waals surface area contributed by atoms with Gasteiger partial charge in [0.2, 0.25) is 5.91 Å². The summed E-state index contributed by atoms with van der Waals surface area (Å²) in [7, 11) is 3.20. The van der Waals surface area contributed by atoms with Crippen molar-refractivity contribution in [3.8, 4) is 17.2 Å². The van der Waals surface area contributed by atoms with Crippen molar-refractivity contribution in [3.05, 3.63) is 53.8 Å². The number of rotatable bonds is 7. The highest BCUT2D eigenvalue weighted by atomic mass is 19.1. The molecule has 2 aromatic rings. The Morgan fingerprint density at radius 1 is 1.11 bits per heavy atom. The van der Waals surface area contributed by atoms with Gasteiger partial charge in [-0.2, -0.15) is 0 Å². The molecule has 0 radical (unpaired) electrons. The Labute approximate surface area is 158 Å². The fourth-order valence-electron chi connectivity index (χ4n) is 3.40. The third kappa shape index (κ3) is 4.51. The molecule has 1 fully saturated rings. The van der Waals surface area contributed by atoms with Crippen LogP contribution in [0.2, 0.25) is 0 Å². The van der Waals surface area contributed by atoms with Gasteiger partial charge in [-0.15, -0.1) is 0 Å². The summed E-state index contributed by atoms with van der Waals surface area (Å²) in [5.74, 6) is 1.63. The number of ether oxygens (including phenoxy) is 3. The smallest absolute Gasteiger partial charge is 0.226 e. The van der Waals surface area contributed by atoms with Gasteiger partial charge in [0, 0.05) is 6.54 Å². The third-order valence-corrected chi connectivity index (χ3v) is 4.76. The minimum Gasteiger partial charge on any atom is -0.493 e. The molecule has 6 heteroatoms. The van der Waals surface area contributed by atoms with Crippen LogP contribution in [0.3, 0.4) is 0 Å². The van der Waals surface area contributed by atoms with Crippen molar-refractivity contribution in [1.29, 1.82) is 0 Å². The average molecular weight is 373 g/mol. The Morgan fingerprint density at radius 3 is 2.56 bits per heavy atom. The summed E-state index contributed by atoms with van der Waals surface area (Å²) in [5, 5.41) is 0. The van der Waals surface area contributed by atoms with E-state index in [0.717, 1.165) is 24.9 Å². The van der Waals surface area contributed by atoms with Gasteiger partial charge in [0.1, 0.15) is 11.6 Å². The van der Waals surface area contributed by atoms with Crippen LogP contribution in [0, 0.1) is 5.82 Å². The number of hydrogen-bond donors (Lipinski definition) is 0. The minimum atomic E-state index is -0.312. The highest BCUT2D eigenvalue weighted by Gasteiger charge is 2.30. The fourth-order valence-corrected chi connectivity index (χ4v) is 3.40. The lowest BCUT2D eigenvalue weighted by molar-refractivity contribution is -0.132. The molecule has 1 saturated heterocycles. The number of likely N-dealkylation sites (tertiary alicyclic amines) is 1. The summed E-state index contributed by atoms with van der Waals surface area (Å²) in [4.78, 5) is 14.6. The van der Waals surface area contributed by atoms with E-state index in [9.17, 15) is 9.18 Å². The van der Waals surface area contributed by atoms with Gasteiger partial charge in [0.15, 0.2) is 11.5 Å². The second-order valence-electron chi connectivity index (χ2n) is 6.41. The van der Waals surface area contributed by atoms with Crippen LogP contribution in [0.15, 0.2) is 42.5 Å². The van der Waals surface area contributed by atoms with Gasteiger partial charge in [0.05, 0.1) is 33.3 Å². The van der Waals surface area contributed by atoms with E-state index in [4.69, 9.17) is 14.2 Å². The van der Waals surface area contributed by atoms with Crippen molar-refractivity contribution in [2.45, 2.75) is 25.3 Å². The molecule has 1 unspecified atom stereocenters. The maximum atomic E-state index is 12.9. The van der Waals surface area contributed by atoms with Crippen LogP contribution in [-0.2, 0) is 4.79 Å². The van der Waals surface area contributed by atoms with Crippen molar-refractivity contribution in [2.24, 2.45) is 0 Å². The van der Waals surface area contributed by atoms with Gasteiger partial charge in [-0.1, -0.05) is 6.07 Å². The van der Waals surface area contributed by atoms with E-state index in [2.05, 4.69) is 0 Å². The lowest BCUT2D eigenvalue weighted by Crippen LogP contribution is -2.31. The normalized spacial score (nSPS) is 16.3. The Bertz CT molecular complexity index is 778. The number of carbonyl (C=O) groups is 1. The van der Waals surface area contributed by atoms with Crippen LogP contribution in [0.1, 0.15) is 30.9 Å². The monoisotopic (exact) mass is 373 g/mol. The Morgan fingerprint density at radius 2 is 1.85 bits per heavy atom. The molecule has 1 atom stereocenters. The molecule has 0 N–H and O–H groups in total. The van der Waals surface area contributed by atoms with Gasteiger partial charge >= 0.3 is 0 Å². The zero-order valence-electron chi connectivity index (χ0n) is 15.6. The summed E-state index contributed by atoms with van der Waals surface area (Å²) in [6.45, 7) is 0.994. The van der Waals surface area contributed by atoms with Crippen LogP contribution >= 0.6 is 0 Å². The zero-order chi connectivity index (χ0) is 19.2. The van der Waals surface area contributed by atoms with E-state index in [-0.39, 0.29) is 30.8 Å². The molecule has 2 aromatic carbocycles. The summed E-state index contributed by atoms with van der Waals surface area (Å²) in [5.41, 5.74) is 1.04. The van der Waals surface area contributed by atoms with Gasteiger partial charge in [0.25, 0.3) is 0 Å². The number of benzene rings is 2. The molecule has 0 bridgehead atoms. The molecular weight excluding hydrogens is 349 g/mol. The van der Waals surface area contributed by atoms with Gasteiger partial charge in [-0.3, -0.25) is 4.79 Å². The maximum Gasteiger partial charge on any atom is 0.226 e. The van der Waals surface area contributed by atoms with Gasteiger partial charge < -0.3 is 19.1 Å². The number of methoxy groups -OCH3 is 2. The predicted octanol–water partition coefficient (Wildman–Crippen LogP) is 3.98. The molecule has 1 amide bonds. The molecule has 1 heterocycles. The van der Waals surface area contributed by atoms with Gasteiger partial charge in [-0.05, 0) is 54.8 Å². The fraction of sp³-hybridized carbons (Fsp3) is 0.381. The standard InChI is InChI=1S/C21H24FNO4/c1-25-19-10-5-15(14-20(19)26-2)18-4-3-12-23(18)21(24)11-13-27-17-8-6-16(22)7-9-17/h5-10,14,18H,3-4,11-13H2,1-2H3. The molecule has 27 heavy (non-hydrogen) atoms. The van der Waals surface area contributed by atoms with E-state index in [1.165, 1.54) is 12.1 Å². The zero-order valence-corrected chi connectivity index (χ0v) is 15.6. The van der Waals surface area contributed by atoms with Crippen LogP contribution in [0.4, 0.5) is 4.39 Å². The first-order valence-electron chi connectivity index (χ1n) is 9.02.